The van der Waals surface area contributed by atoms with Gasteiger partial charge in [-0.15, -0.1) is 0 Å². The highest BCUT2D eigenvalue weighted by molar-refractivity contribution is 5.87. The highest BCUT2D eigenvalue weighted by Crippen LogP contribution is 2.41. The highest BCUT2D eigenvalue weighted by atomic mass is 19.4. The summed E-state index contributed by atoms with van der Waals surface area (Å²) in [5.41, 5.74) is -1.48. The smallest absolute Gasteiger partial charge is 0.450 e. The summed E-state index contributed by atoms with van der Waals surface area (Å²) in [4.78, 5) is 15.5. The van der Waals surface area contributed by atoms with Crippen LogP contribution in [0.1, 0.15) is 37.5 Å². The van der Waals surface area contributed by atoms with E-state index in [1.807, 2.05) is 6.92 Å². The molecule has 0 spiro atoms. The van der Waals surface area contributed by atoms with Gasteiger partial charge in [0.25, 0.3) is 0 Å². The maximum atomic E-state index is 14.1. The Hall–Kier alpha value is -3.00. The third-order valence-corrected chi connectivity index (χ3v) is 6.07. The first-order valence-corrected chi connectivity index (χ1v) is 10.5. The van der Waals surface area contributed by atoms with Gasteiger partial charge in [-0.3, -0.25) is 9.69 Å². The number of para-hydroxylation sites is 1. The third-order valence-electron chi connectivity index (χ3n) is 6.07. The van der Waals surface area contributed by atoms with Crippen LogP contribution in [0.15, 0.2) is 45.6 Å². The van der Waals surface area contributed by atoms with Crippen molar-refractivity contribution in [2.75, 3.05) is 13.7 Å². The van der Waals surface area contributed by atoms with Crippen LogP contribution in [0.2, 0.25) is 0 Å². The largest absolute Gasteiger partial charge is 0.507 e. The molecule has 1 saturated heterocycles. The number of phenols is 1. The lowest BCUT2D eigenvalue weighted by atomic mass is 9.98. The van der Waals surface area contributed by atoms with Crippen molar-refractivity contribution in [3.05, 3.63) is 57.9 Å². The van der Waals surface area contributed by atoms with Crippen LogP contribution >= 0.6 is 0 Å². The maximum absolute atomic E-state index is 14.1. The Morgan fingerprint density at radius 3 is 2.62 bits per heavy atom. The normalized spacial score (nSPS) is 17.6. The van der Waals surface area contributed by atoms with Gasteiger partial charge in [0.2, 0.25) is 11.2 Å². The fourth-order valence-corrected chi connectivity index (χ4v) is 4.35. The Labute approximate surface area is 183 Å². The van der Waals surface area contributed by atoms with Crippen molar-refractivity contribution in [3.8, 4) is 22.6 Å². The highest BCUT2D eigenvalue weighted by Gasteiger charge is 2.40. The third kappa shape index (κ3) is 3.95. The van der Waals surface area contributed by atoms with Crippen LogP contribution in [0, 0.1) is 0 Å². The Morgan fingerprint density at radius 1 is 1.19 bits per heavy atom. The molecule has 3 aromatic rings. The summed E-state index contributed by atoms with van der Waals surface area (Å²) in [6.07, 6.45) is -1.92. The first-order valence-electron chi connectivity index (χ1n) is 10.5. The van der Waals surface area contributed by atoms with E-state index in [-0.39, 0.29) is 46.2 Å². The number of halogens is 3. The lowest BCUT2D eigenvalue weighted by molar-refractivity contribution is -0.152. The molecule has 2 aromatic carbocycles. The number of piperidine rings is 1. The van der Waals surface area contributed by atoms with Crippen molar-refractivity contribution in [1.29, 1.82) is 0 Å². The minimum atomic E-state index is -4.93. The Balaban J connectivity index is 1.99. The number of nitrogens with zero attached hydrogens (tertiary/aromatic N) is 1. The van der Waals surface area contributed by atoms with Gasteiger partial charge >= 0.3 is 6.18 Å². The van der Waals surface area contributed by atoms with Crippen LogP contribution in [0.5, 0.6) is 11.5 Å². The Kier molecular flexibility index (Phi) is 5.90. The van der Waals surface area contributed by atoms with E-state index in [9.17, 15) is 23.1 Å². The molecule has 4 rings (SSSR count). The van der Waals surface area contributed by atoms with Gasteiger partial charge in [0, 0.05) is 18.2 Å². The molecule has 32 heavy (non-hydrogen) atoms. The number of methoxy groups -OCH3 is 1. The minimum Gasteiger partial charge on any atom is -0.507 e. The molecule has 8 heteroatoms. The van der Waals surface area contributed by atoms with Crippen LogP contribution in [-0.2, 0) is 12.7 Å². The van der Waals surface area contributed by atoms with Crippen LogP contribution in [-0.4, -0.2) is 29.7 Å². The van der Waals surface area contributed by atoms with E-state index < -0.39 is 22.9 Å². The van der Waals surface area contributed by atoms with Gasteiger partial charge in [-0.05, 0) is 44.5 Å². The van der Waals surface area contributed by atoms with Gasteiger partial charge in [0.05, 0.1) is 23.6 Å². The fraction of sp³-hybridized carbons (Fsp3) is 0.375. The number of rotatable bonds is 4. The SMILES string of the molecule is COc1ccccc1-c1c(C(F)(F)F)oc2c(CN3CCCC[C@H]3C)c(O)ccc2c1=O. The van der Waals surface area contributed by atoms with E-state index in [4.69, 9.17) is 9.15 Å². The minimum absolute atomic E-state index is 0.00254. The molecule has 0 unspecified atom stereocenters. The maximum Gasteiger partial charge on any atom is 0.450 e. The van der Waals surface area contributed by atoms with E-state index >= 15 is 0 Å². The van der Waals surface area contributed by atoms with Gasteiger partial charge in [-0.2, -0.15) is 13.2 Å². The van der Waals surface area contributed by atoms with Crippen molar-refractivity contribution >= 4 is 11.0 Å². The molecule has 0 amide bonds. The van der Waals surface area contributed by atoms with Crippen molar-refractivity contribution in [2.45, 2.75) is 44.9 Å². The number of fused-ring (bicyclic) bond motifs is 1. The number of benzene rings is 2. The molecule has 1 aromatic heterocycles. The Morgan fingerprint density at radius 2 is 1.94 bits per heavy atom. The second-order valence-electron chi connectivity index (χ2n) is 8.09. The monoisotopic (exact) mass is 447 g/mol. The molecule has 1 N–H and O–H groups in total. The molecule has 0 saturated carbocycles. The number of hydrogen-bond donors (Lipinski definition) is 1. The zero-order valence-corrected chi connectivity index (χ0v) is 17.8. The molecule has 5 nitrogen and oxygen atoms in total. The van der Waals surface area contributed by atoms with Gasteiger partial charge in [-0.1, -0.05) is 24.6 Å². The summed E-state index contributed by atoms with van der Waals surface area (Å²) in [6, 6.07) is 8.86. The Bertz CT molecular complexity index is 1200. The summed E-state index contributed by atoms with van der Waals surface area (Å²) in [6.45, 7) is 2.99. The number of alkyl halides is 3. The molecule has 1 aliphatic rings. The first kappa shape index (κ1) is 22.2. The lowest BCUT2D eigenvalue weighted by Gasteiger charge is -2.33. The van der Waals surface area contributed by atoms with E-state index in [1.54, 1.807) is 6.07 Å². The average molecular weight is 447 g/mol. The van der Waals surface area contributed by atoms with Crippen molar-refractivity contribution in [1.82, 2.24) is 4.90 Å². The van der Waals surface area contributed by atoms with Crippen LogP contribution in [0.4, 0.5) is 13.2 Å². The van der Waals surface area contributed by atoms with Crippen LogP contribution in [0.25, 0.3) is 22.1 Å². The van der Waals surface area contributed by atoms with E-state index in [0.29, 0.717) is 0 Å². The summed E-state index contributed by atoms with van der Waals surface area (Å²) in [7, 11) is 1.32. The zero-order valence-electron chi connectivity index (χ0n) is 17.8. The van der Waals surface area contributed by atoms with Crippen LogP contribution < -0.4 is 10.2 Å². The van der Waals surface area contributed by atoms with E-state index in [0.717, 1.165) is 25.8 Å². The lowest BCUT2D eigenvalue weighted by Crippen LogP contribution is -2.36. The molecule has 1 aliphatic heterocycles. The van der Waals surface area contributed by atoms with Crippen molar-refractivity contribution in [2.24, 2.45) is 0 Å². The van der Waals surface area contributed by atoms with E-state index in [1.165, 1.54) is 37.4 Å². The zero-order chi connectivity index (χ0) is 23.0. The fourth-order valence-electron chi connectivity index (χ4n) is 4.35. The summed E-state index contributed by atoms with van der Waals surface area (Å²) in [5, 5.41) is 10.5. The predicted octanol–water partition coefficient (Wildman–Crippen LogP) is 5.57. The topological polar surface area (TPSA) is 62.9 Å². The number of phenolic OH excluding ortho intramolecular Hbond substituents is 1. The van der Waals surface area contributed by atoms with Crippen molar-refractivity contribution < 1.29 is 27.4 Å². The molecule has 0 aliphatic carbocycles. The summed E-state index contributed by atoms with van der Waals surface area (Å²) < 4.78 is 52.9. The number of aromatic hydroxyl groups is 1. The molecular weight excluding hydrogens is 423 g/mol. The second-order valence-corrected chi connectivity index (χ2v) is 8.09. The molecule has 2 heterocycles. The number of hydrogen-bond acceptors (Lipinski definition) is 5. The molecule has 1 fully saturated rings. The van der Waals surface area contributed by atoms with E-state index in [2.05, 4.69) is 4.90 Å². The van der Waals surface area contributed by atoms with Gasteiger partial charge in [-0.25, -0.2) is 0 Å². The predicted molar refractivity (Wildman–Crippen MR) is 115 cm³/mol. The summed E-state index contributed by atoms with van der Waals surface area (Å²) in [5.74, 6) is -1.47. The average Bonchev–Trinajstić information content (AvgIpc) is 2.76. The van der Waals surface area contributed by atoms with Gasteiger partial charge in [0.15, 0.2) is 0 Å². The van der Waals surface area contributed by atoms with Crippen molar-refractivity contribution in [3.63, 3.8) is 0 Å². The van der Waals surface area contributed by atoms with Crippen LogP contribution in [0.3, 0.4) is 0 Å². The van der Waals surface area contributed by atoms with Gasteiger partial charge in [0.1, 0.15) is 17.1 Å². The quantitative estimate of drug-likeness (QED) is 0.567. The molecule has 170 valence electrons. The molecule has 0 radical (unpaired) electrons. The number of ether oxygens (including phenoxy) is 1. The van der Waals surface area contributed by atoms with Gasteiger partial charge < -0.3 is 14.3 Å². The second kappa shape index (κ2) is 8.50. The molecule has 0 bridgehead atoms. The first-order chi connectivity index (χ1) is 15.2. The number of likely N-dealkylation sites (tertiary alicyclic amines) is 1. The molecule has 1 atom stereocenters. The standard InChI is InChI=1S/C24H24F3NO4/c1-14-7-5-6-12-28(14)13-17-18(29)11-10-16-21(30)20(15-8-3-4-9-19(15)31-2)23(24(25,26)27)32-22(16)17/h3-4,8-11,14,29H,5-7,12-13H2,1-2H3/t14-/m1/s1. The summed E-state index contributed by atoms with van der Waals surface area (Å²) >= 11 is 0. The molecular formula is C24H24F3NO4.